The number of rotatable bonds is 4. The standard InChI is InChI=1S/C13H19NO2/c1-2-3-10-4-6-11(7-5-10)16-13-9-14-8-12(13)15/h4-7,12-15H,2-3,8-9H2,1H3/t12-,13-/m0/s1. The fraction of sp³-hybridized carbons (Fsp3) is 0.538. The van der Waals surface area contributed by atoms with Crippen molar-refractivity contribution >= 4 is 0 Å². The monoisotopic (exact) mass is 221 g/mol. The van der Waals surface area contributed by atoms with Crippen LogP contribution in [0.3, 0.4) is 0 Å². The topological polar surface area (TPSA) is 41.5 Å². The lowest BCUT2D eigenvalue weighted by atomic mass is 10.1. The molecule has 2 N–H and O–H groups in total. The zero-order valence-electron chi connectivity index (χ0n) is 9.65. The molecule has 2 atom stereocenters. The maximum Gasteiger partial charge on any atom is 0.138 e. The molecule has 3 nitrogen and oxygen atoms in total. The average Bonchev–Trinajstić information content (AvgIpc) is 2.68. The average molecular weight is 221 g/mol. The molecule has 1 saturated heterocycles. The van der Waals surface area contributed by atoms with Crippen molar-refractivity contribution in [3.05, 3.63) is 29.8 Å². The number of hydrogen-bond acceptors (Lipinski definition) is 3. The van der Waals surface area contributed by atoms with Crippen LogP contribution in [0.2, 0.25) is 0 Å². The van der Waals surface area contributed by atoms with Crippen molar-refractivity contribution < 1.29 is 9.84 Å². The number of ether oxygens (including phenoxy) is 1. The Bertz CT molecular complexity index is 323. The maximum absolute atomic E-state index is 9.60. The highest BCUT2D eigenvalue weighted by atomic mass is 16.5. The third kappa shape index (κ3) is 2.74. The first-order chi connectivity index (χ1) is 7.79. The molecule has 0 radical (unpaired) electrons. The van der Waals surface area contributed by atoms with Crippen LogP contribution in [0.15, 0.2) is 24.3 Å². The number of aryl methyl sites for hydroxylation is 1. The van der Waals surface area contributed by atoms with Gasteiger partial charge < -0.3 is 15.2 Å². The summed E-state index contributed by atoms with van der Waals surface area (Å²) in [4.78, 5) is 0. The zero-order valence-corrected chi connectivity index (χ0v) is 9.65. The van der Waals surface area contributed by atoms with Crippen molar-refractivity contribution in [1.82, 2.24) is 5.32 Å². The molecular weight excluding hydrogens is 202 g/mol. The van der Waals surface area contributed by atoms with Gasteiger partial charge >= 0.3 is 0 Å². The van der Waals surface area contributed by atoms with E-state index in [0.29, 0.717) is 6.54 Å². The second kappa shape index (κ2) is 5.32. The minimum Gasteiger partial charge on any atom is -0.486 e. The van der Waals surface area contributed by atoms with Crippen LogP contribution < -0.4 is 10.1 Å². The van der Waals surface area contributed by atoms with Gasteiger partial charge in [0.15, 0.2) is 0 Å². The fourth-order valence-electron chi connectivity index (χ4n) is 1.96. The molecule has 1 fully saturated rings. The normalized spacial score (nSPS) is 24.6. The van der Waals surface area contributed by atoms with E-state index in [-0.39, 0.29) is 6.10 Å². The molecule has 0 saturated carbocycles. The summed E-state index contributed by atoms with van der Waals surface area (Å²) in [5.74, 6) is 0.840. The SMILES string of the molecule is CCCc1ccc(O[C@H]2CNC[C@@H]2O)cc1. The molecule has 1 aromatic rings. The van der Waals surface area contributed by atoms with Crippen molar-refractivity contribution in [2.24, 2.45) is 0 Å². The highest BCUT2D eigenvalue weighted by Gasteiger charge is 2.26. The zero-order chi connectivity index (χ0) is 11.4. The lowest BCUT2D eigenvalue weighted by Crippen LogP contribution is -2.29. The van der Waals surface area contributed by atoms with Gasteiger partial charge in [0, 0.05) is 13.1 Å². The van der Waals surface area contributed by atoms with Crippen LogP contribution in [0.1, 0.15) is 18.9 Å². The van der Waals surface area contributed by atoms with E-state index >= 15 is 0 Å². The van der Waals surface area contributed by atoms with Gasteiger partial charge in [-0.3, -0.25) is 0 Å². The summed E-state index contributed by atoms with van der Waals surface area (Å²) in [6.07, 6.45) is 1.76. The second-order valence-electron chi connectivity index (χ2n) is 4.28. The molecule has 16 heavy (non-hydrogen) atoms. The quantitative estimate of drug-likeness (QED) is 0.806. The molecule has 0 aliphatic carbocycles. The molecule has 3 heteroatoms. The molecule has 0 amide bonds. The van der Waals surface area contributed by atoms with Gasteiger partial charge in [0.1, 0.15) is 18.0 Å². The Morgan fingerprint density at radius 3 is 2.62 bits per heavy atom. The van der Waals surface area contributed by atoms with Crippen LogP contribution >= 0.6 is 0 Å². The molecule has 0 bridgehead atoms. The molecule has 1 heterocycles. The van der Waals surface area contributed by atoms with E-state index in [1.165, 1.54) is 5.56 Å². The first-order valence-corrected chi connectivity index (χ1v) is 5.94. The largest absolute Gasteiger partial charge is 0.486 e. The number of aliphatic hydroxyl groups excluding tert-OH is 1. The third-order valence-electron chi connectivity index (χ3n) is 2.88. The molecule has 1 aliphatic rings. The summed E-state index contributed by atoms with van der Waals surface area (Å²) in [5, 5.41) is 12.7. The molecule has 88 valence electrons. The molecular formula is C13H19NO2. The van der Waals surface area contributed by atoms with Crippen LogP contribution in [0, 0.1) is 0 Å². The Hall–Kier alpha value is -1.06. The molecule has 1 aromatic carbocycles. The maximum atomic E-state index is 9.60. The molecule has 0 aromatic heterocycles. The minimum atomic E-state index is -0.393. The van der Waals surface area contributed by atoms with E-state index in [1.807, 2.05) is 12.1 Å². The Morgan fingerprint density at radius 2 is 2.06 bits per heavy atom. The van der Waals surface area contributed by atoms with E-state index < -0.39 is 6.10 Å². The number of β-amino-alcohol motifs (C(OH)–C–C–N with tert-alkyl or cyclic N) is 1. The highest BCUT2D eigenvalue weighted by molar-refractivity contribution is 5.27. The van der Waals surface area contributed by atoms with Gasteiger partial charge in [-0.1, -0.05) is 25.5 Å². The summed E-state index contributed by atoms with van der Waals surface area (Å²) in [7, 11) is 0. The smallest absolute Gasteiger partial charge is 0.138 e. The predicted octanol–water partition coefficient (Wildman–Crippen LogP) is 1.35. The highest BCUT2D eigenvalue weighted by Crippen LogP contribution is 2.17. The summed E-state index contributed by atoms with van der Waals surface area (Å²) in [6.45, 7) is 3.52. The van der Waals surface area contributed by atoms with Crippen LogP contribution in [-0.4, -0.2) is 30.4 Å². The van der Waals surface area contributed by atoms with E-state index in [9.17, 15) is 5.11 Å². The molecule has 0 spiro atoms. The first-order valence-electron chi connectivity index (χ1n) is 5.94. The predicted molar refractivity (Wildman–Crippen MR) is 63.7 cm³/mol. The van der Waals surface area contributed by atoms with Crippen molar-refractivity contribution in [2.45, 2.75) is 32.0 Å². The van der Waals surface area contributed by atoms with Gasteiger partial charge in [-0.2, -0.15) is 0 Å². The van der Waals surface area contributed by atoms with Crippen molar-refractivity contribution in [3.63, 3.8) is 0 Å². The second-order valence-corrected chi connectivity index (χ2v) is 4.28. The fourth-order valence-corrected chi connectivity index (χ4v) is 1.96. The first kappa shape index (κ1) is 11.4. The molecule has 2 rings (SSSR count). The van der Waals surface area contributed by atoms with E-state index in [4.69, 9.17) is 4.74 Å². The van der Waals surface area contributed by atoms with E-state index in [0.717, 1.165) is 25.1 Å². The number of aliphatic hydroxyl groups is 1. The van der Waals surface area contributed by atoms with Gasteiger partial charge in [-0.05, 0) is 24.1 Å². The lowest BCUT2D eigenvalue weighted by molar-refractivity contribution is 0.0737. The number of nitrogens with one attached hydrogen (secondary N) is 1. The Labute approximate surface area is 96.4 Å². The summed E-state index contributed by atoms with van der Waals surface area (Å²) >= 11 is 0. The van der Waals surface area contributed by atoms with E-state index in [1.54, 1.807) is 0 Å². The Morgan fingerprint density at radius 1 is 1.31 bits per heavy atom. The number of benzene rings is 1. The number of hydrogen-bond donors (Lipinski definition) is 2. The van der Waals surface area contributed by atoms with Crippen LogP contribution in [0.5, 0.6) is 5.75 Å². The molecule has 1 aliphatic heterocycles. The van der Waals surface area contributed by atoms with Gasteiger partial charge in [-0.25, -0.2) is 0 Å². The van der Waals surface area contributed by atoms with Gasteiger partial charge in [0.05, 0.1) is 0 Å². The Kier molecular flexibility index (Phi) is 3.80. The molecule has 0 unspecified atom stereocenters. The van der Waals surface area contributed by atoms with Crippen LogP contribution in [0.25, 0.3) is 0 Å². The van der Waals surface area contributed by atoms with Gasteiger partial charge in [-0.15, -0.1) is 0 Å². The third-order valence-corrected chi connectivity index (χ3v) is 2.88. The minimum absolute atomic E-state index is 0.114. The lowest BCUT2D eigenvalue weighted by Gasteiger charge is -2.16. The van der Waals surface area contributed by atoms with Crippen LogP contribution in [-0.2, 0) is 6.42 Å². The Balaban J connectivity index is 1.94. The van der Waals surface area contributed by atoms with E-state index in [2.05, 4.69) is 24.4 Å². The van der Waals surface area contributed by atoms with Crippen molar-refractivity contribution in [1.29, 1.82) is 0 Å². The summed E-state index contributed by atoms with van der Waals surface area (Å²) < 4.78 is 5.71. The van der Waals surface area contributed by atoms with Crippen molar-refractivity contribution in [2.75, 3.05) is 13.1 Å². The van der Waals surface area contributed by atoms with Gasteiger partial charge in [0.25, 0.3) is 0 Å². The summed E-state index contributed by atoms with van der Waals surface area (Å²) in [6, 6.07) is 8.15. The van der Waals surface area contributed by atoms with Crippen LogP contribution in [0.4, 0.5) is 0 Å². The van der Waals surface area contributed by atoms with Gasteiger partial charge in [0.2, 0.25) is 0 Å². The summed E-state index contributed by atoms with van der Waals surface area (Å²) in [5.41, 5.74) is 1.33. The van der Waals surface area contributed by atoms with Crippen molar-refractivity contribution in [3.8, 4) is 5.75 Å².